The number of benzene rings is 3. The first-order valence-electron chi connectivity index (χ1n) is 15.7. The summed E-state index contributed by atoms with van der Waals surface area (Å²) in [4.78, 5) is 28.9. The molecule has 2 unspecified atom stereocenters. The fourth-order valence-electron chi connectivity index (χ4n) is 6.13. The molecule has 1 fully saturated rings. The van der Waals surface area contributed by atoms with Gasteiger partial charge in [-0.05, 0) is 71.7 Å². The van der Waals surface area contributed by atoms with Gasteiger partial charge in [-0.2, -0.15) is 0 Å². The van der Waals surface area contributed by atoms with E-state index in [-0.39, 0.29) is 18.2 Å². The lowest BCUT2D eigenvalue weighted by atomic mass is 9.96. The van der Waals surface area contributed by atoms with Gasteiger partial charge < -0.3 is 25.2 Å². The molecule has 46 heavy (non-hydrogen) atoms. The number of carbonyl (C=O) groups is 2. The minimum Gasteiger partial charge on any atom is -0.497 e. The minimum atomic E-state index is -0.941. The second-order valence-corrected chi connectivity index (χ2v) is 12.7. The Morgan fingerprint density at radius 3 is 2.48 bits per heavy atom. The van der Waals surface area contributed by atoms with Crippen LogP contribution in [0.15, 0.2) is 84.9 Å². The van der Waals surface area contributed by atoms with Crippen LogP contribution in [0.3, 0.4) is 0 Å². The van der Waals surface area contributed by atoms with E-state index in [9.17, 15) is 14.7 Å². The summed E-state index contributed by atoms with van der Waals surface area (Å²) in [6, 6.07) is 26.0. The maximum Gasteiger partial charge on any atom is 0.338 e. The summed E-state index contributed by atoms with van der Waals surface area (Å²) in [5.41, 5.74) is 5.48. The van der Waals surface area contributed by atoms with Gasteiger partial charge in [0.05, 0.1) is 18.7 Å². The number of fused-ring (bicyclic) bond motifs is 1. The predicted molar refractivity (Wildman–Crippen MR) is 182 cm³/mol. The molecule has 2 aliphatic heterocycles. The number of amides is 1. The first-order chi connectivity index (χ1) is 22.5. The average molecular weight is 638 g/mol. The number of nitrogens with zero attached hydrogens (tertiary/aromatic N) is 1. The molecule has 1 amide bonds. The van der Waals surface area contributed by atoms with Crippen LogP contribution in [0.5, 0.6) is 5.75 Å². The van der Waals surface area contributed by atoms with Crippen molar-refractivity contribution in [1.82, 2.24) is 10.2 Å². The highest BCUT2D eigenvalue weighted by atomic mass is 32.1. The molecule has 2 atom stereocenters. The number of nitrogens with one attached hydrogen (secondary N) is 2. The van der Waals surface area contributed by atoms with Crippen molar-refractivity contribution >= 4 is 34.3 Å². The Balaban J connectivity index is 1.21. The van der Waals surface area contributed by atoms with Crippen LogP contribution in [-0.4, -0.2) is 54.9 Å². The molecular formula is C37H39N3O5S. The minimum absolute atomic E-state index is 0.195. The third-order valence-corrected chi connectivity index (χ3v) is 9.84. The van der Waals surface area contributed by atoms with Gasteiger partial charge in [-0.3, -0.25) is 9.69 Å². The van der Waals surface area contributed by atoms with Gasteiger partial charge in [0, 0.05) is 37.2 Å². The number of rotatable bonds is 11. The number of ether oxygens (including phenoxy) is 2. The summed E-state index contributed by atoms with van der Waals surface area (Å²) in [5.74, 6) is -0.351. The molecule has 8 nitrogen and oxygen atoms in total. The van der Waals surface area contributed by atoms with Gasteiger partial charge in [0.25, 0.3) is 0 Å². The molecule has 2 aliphatic rings. The van der Waals surface area contributed by atoms with Gasteiger partial charge in [-0.15, -0.1) is 11.3 Å². The molecule has 0 spiro atoms. The molecule has 3 heterocycles. The van der Waals surface area contributed by atoms with Crippen LogP contribution in [0, 0.1) is 0 Å². The summed E-state index contributed by atoms with van der Waals surface area (Å²) in [6.07, 6.45) is 6.67. The number of carboxylic acid groups (broad SMARTS) is 1. The van der Waals surface area contributed by atoms with Crippen LogP contribution in [0.2, 0.25) is 0 Å². The van der Waals surface area contributed by atoms with Crippen molar-refractivity contribution in [3.05, 3.63) is 112 Å². The third kappa shape index (κ3) is 7.50. The molecule has 4 aromatic rings. The van der Waals surface area contributed by atoms with Gasteiger partial charge in [0.15, 0.2) is 0 Å². The monoisotopic (exact) mass is 637 g/mol. The molecule has 1 saturated heterocycles. The molecule has 1 aromatic heterocycles. The van der Waals surface area contributed by atoms with Gasteiger partial charge >= 0.3 is 5.97 Å². The van der Waals surface area contributed by atoms with E-state index in [0.717, 1.165) is 57.7 Å². The number of hydrogen-bond acceptors (Lipinski definition) is 7. The lowest BCUT2D eigenvalue weighted by Gasteiger charge is -2.36. The Morgan fingerprint density at radius 1 is 1.02 bits per heavy atom. The molecule has 6 rings (SSSR count). The highest BCUT2D eigenvalue weighted by Crippen LogP contribution is 2.43. The van der Waals surface area contributed by atoms with Crippen molar-refractivity contribution in [3.63, 3.8) is 0 Å². The number of thiophene rings is 1. The second-order valence-electron chi connectivity index (χ2n) is 11.6. The maximum absolute atomic E-state index is 13.1. The molecule has 0 bridgehead atoms. The second kappa shape index (κ2) is 14.8. The average Bonchev–Trinajstić information content (AvgIpc) is 3.46. The van der Waals surface area contributed by atoms with Crippen molar-refractivity contribution in [3.8, 4) is 16.9 Å². The number of hydrogen-bond donors (Lipinski definition) is 3. The fraction of sp³-hybridized carbons (Fsp3) is 0.297. The number of anilines is 1. The van der Waals surface area contributed by atoms with E-state index in [1.807, 2.05) is 72.8 Å². The van der Waals surface area contributed by atoms with E-state index >= 15 is 0 Å². The first-order valence-corrected chi connectivity index (χ1v) is 16.6. The molecule has 3 aromatic carbocycles. The standard InChI is InChI=1S/C37H39N3O5S/c1-44-29-17-12-26(13-18-29)24-40-21-20-30-34(37(42)43)36(39-33-9-5-6-22-45-33)46-35(30)31(40)23-38-32(41)19-14-25-10-15-28(16-11-25)27-7-3-2-4-8-27/h2-4,7-8,10-19,31,33,39H,5-6,9,20-24H2,1H3,(H,38,41)(H,42,43)/b19-14+. The Labute approximate surface area is 273 Å². The van der Waals surface area contributed by atoms with Crippen LogP contribution in [0.1, 0.15) is 57.2 Å². The summed E-state index contributed by atoms with van der Waals surface area (Å²) in [6.45, 7) is 2.33. The molecule has 0 radical (unpaired) electrons. The Kier molecular flexibility index (Phi) is 10.1. The van der Waals surface area contributed by atoms with Crippen LogP contribution < -0.4 is 15.4 Å². The van der Waals surface area contributed by atoms with E-state index < -0.39 is 5.97 Å². The normalized spacial score (nSPS) is 18.2. The molecule has 3 N–H and O–H groups in total. The SMILES string of the molecule is COc1ccc(CN2CCc3c(sc(NC4CCCCO4)c3C(=O)O)C2CNC(=O)/C=C/c2ccc(-c3ccccc3)cc2)cc1. The largest absolute Gasteiger partial charge is 0.497 e. The summed E-state index contributed by atoms with van der Waals surface area (Å²) in [7, 11) is 1.65. The number of carboxylic acids is 1. The summed E-state index contributed by atoms with van der Waals surface area (Å²) in [5, 5.41) is 17.4. The fourth-order valence-corrected chi connectivity index (χ4v) is 7.55. The van der Waals surface area contributed by atoms with Crippen LogP contribution in [-0.2, 0) is 22.5 Å². The van der Waals surface area contributed by atoms with E-state index in [1.165, 1.54) is 11.3 Å². The van der Waals surface area contributed by atoms with Crippen LogP contribution in [0.4, 0.5) is 5.00 Å². The molecule has 0 saturated carbocycles. The van der Waals surface area contributed by atoms with Crippen molar-refractivity contribution in [2.75, 3.05) is 32.1 Å². The zero-order chi connectivity index (χ0) is 31.9. The number of methoxy groups -OCH3 is 1. The zero-order valence-electron chi connectivity index (χ0n) is 25.9. The Morgan fingerprint density at radius 2 is 1.78 bits per heavy atom. The predicted octanol–water partition coefficient (Wildman–Crippen LogP) is 6.99. The highest BCUT2D eigenvalue weighted by molar-refractivity contribution is 7.16. The molecule has 0 aliphatic carbocycles. The van der Waals surface area contributed by atoms with Gasteiger partial charge in [0.1, 0.15) is 17.0 Å². The van der Waals surface area contributed by atoms with Crippen LogP contribution >= 0.6 is 11.3 Å². The van der Waals surface area contributed by atoms with Crippen molar-refractivity contribution < 1.29 is 24.2 Å². The topological polar surface area (TPSA) is 100 Å². The highest BCUT2D eigenvalue weighted by Gasteiger charge is 2.35. The smallest absolute Gasteiger partial charge is 0.338 e. The molecular weight excluding hydrogens is 598 g/mol. The summed E-state index contributed by atoms with van der Waals surface area (Å²) >= 11 is 1.47. The first kappa shape index (κ1) is 31.5. The Bertz CT molecular complexity index is 1660. The number of aromatic carboxylic acids is 1. The van der Waals surface area contributed by atoms with E-state index in [4.69, 9.17) is 9.47 Å². The van der Waals surface area contributed by atoms with E-state index in [0.29, 0.717) is 43.2 Å². The van der Waals surface area contributed by atoms with Crippen molar-refractivity contribution in [2.45, 2.75) is 44.5 Å². The van der Waals surface area contributed by atoms with Crippen LogP contribution in [0.25, 0.3) is 17.2 Å². The number of carbonyl (C=O) groups excluding carboxylic acids is 1. The quantitative estimate of drug-likeness (QED) is 0.153. The molecule has 238 valence electrons. The molecule has 9 heteroatoms. The van der Waals surface area contributed by atoms with Gasteiger partial charge in [0.2, 0.25) is 5.91 Å². The van der Waals surface area contributed by atoms with E-state index in [2.05, 4.69) is 27.7 Å². The van der Waals surface area contributed by atoms with Crippen molar-refractivity contribution in [1.29, 1.82) is 0 Å². The third-order valence-electron chi connectivity index (χ3n) is 8.58. The van der Waals surface area contributed by atoms with Gasteiger partial charge in [-0.1, -0.05) is 66.7 Å². The maximum atomic E-state index is 13.1. The lowest BCUT2D eigenvalue weighted by Crippen LogP contribution is -2.41. The Hall–Kier alpha value is -4.44. The summed E-state index contributed by atoms with van der Waals surface area (Å²) < 4.78 is 11.2. The van der Waals surface area contributed by atoms with E-state index in [1.54, 1.807) is 13.2 Å². The zero-order valence-corrected chi connectivity index (χ0v) is 26.7. The van der Waals surface area contributed by atoms with Gasteiger partial charge in [-0.25, -0.2) is 4.79 Å². The lowest BCUT2D eigenvalue weighted by molar-refractivity contribution is -0.116. The van der Waals surface area contributed by atoms with Crippen molar-refractivity contribution in [2.24, 2.45) is 0 Å².